The van der Waals surface area contributed by atoms with E-state index >= 15 is 0 Å². The predicted octanol–water partition coefficient (Wildman–Crippen LogP) is 5.21. The van der Waals surface area contributed by atoms with Crippen LogP contribution < -0.4 is 0 Å². The zero-order chi connectivity index (χ0) is 12.5. The van der Waals surface area contributed by atoms with Crippen LogP contribution in [0.5, 0.6) is 0 Å². The first-order valence-corrected chi connectivity index (χ1v) is 6.30. The Morgan fingerprint density at radius 1 is 0.833 bits per heavy atom. The maximum absolute atomic E-state index is 6.19. The second-order valence-corrected chi connectivity index (χ2v) is 4.82. The van der Waals surface area contributed by atoms with Crippen LogP contribution in [0.3, 0.4) is 0 Å². The summed E-state index contributed by atoms with van der Waals surface area (Å²) in [5, 5.41) is 2.40. The van der Waals surface area contributed by atoms with Crippen molar-refractivity contribution in [2.24, 2.45) is 0 Å². The molecule has 0 saturated carbocycles. The lowest BCUT2D eigenvalue weighted by molar-refractivity contribution is 1.41. The zero-order valence-electron chi connectivity index (χ0n) is 9.40. The van der Waals surface area contributed by atoms with E-state index < -0.39 is 0 Å². The van der Waals surface area contributed by atoms with E-state index in [4.69, 9.17) is 23.2 Å². The van der Waals surface area contributed by atoms with Gasteiger partial charge in [-0.3, -0.25) is 4.98 Å². The third-order valence-electron chi connectivity index (χ3n) is 2.87. The number of pyridine rings is 1. The first-order chi connectivity index (χ1) is 8.75. The van der Waals surface area contributed by atoms with Gasteiger partial charge in [0.15, 0.2) is 0 Å². The lowest BCUT2D eigenvalue weighted by Gasteiger charge is -2.06. The van der Waals surface area contributed by atoms with Gasteiger partial charge in [-0.05, 0) is 23.8 Å². The van der Waals surface area contributed by atoms with Crippen LogP contribution >= 0.6 is 23.2 Å². The lowest BCUT2D eigenvalue weighted by atomic mass is 10.0. The molecule has 3 rings (SSSR count). The molecule has 0 N–H and O–H groups in total. The van der Waals surface area contributed by atoms with Crippen LogP contribution in [0.2, 0.25) is 10.0 Å². The molecule has 0 unspecified atom stereocenters. The summed E-state index contributed by atoms with van der Waals surface area (Å²) in [6, 6.07) is 15.5. The topological polar surface area (TPSA) is 12.9 Å². The number of hydrogen-bond donors (Lipinski definition) is 0. The van der Waals surface area contributed by atoms with E-state index in [1.807, 2.05) is 42.5 Å². The molecule has 0 aliphatic heterocycles. The summed E-state index contributed by atoms with van der Waals surface area (Å²) in [6.45, 7) is 0. The SMILES string of the molecule is Clc1ccccc1-c1ccc2c(Cl)ccnc2c1. The molecule has 0 atom stereocenters. The molecule has 3 heteroatoms. The van der Waals surface area contributed by atoms with Crippen molar-refractivity contribution < 1.29 is 0 Å². The Morgan fingerprint density at radius 3 is 2.50 bits per heavy atom. The Kier molecular flexibility index (Phi) is 2.94. The van der Waals surface area contributed by atoms with Crippen molar-refractivity contribution in [2.45, 2.75) is 0 Å². The van der Waals surface area contributed by atoms with Gasteiger partial charge in [0.2, 0.25) is 0 Å². The number of nitrogens with zero attached hydrogens (tertiary/aromatic N) is 1. The second kappa shape index (κ2) is 4.60. The molecule has 0 aliphatic rings. The average molecular weight is 274 g/mol. The van der Waals surface area contributed by atoms with E-state index in [0.717, 1.165) is 27.1 Å². The Hall–Kier alpha value is -1.57. The number of benzene rings is 2. The molecular formula is C15H9Cl2N. The highest BCUT2D eigenvalue weighted by Gasteiger charge is 2.05. The van der Waals surface area contributed by atoms with Gasteiger partial charge in [0.05, 0.1) is 10.5 Å². The van der Waals surface area contributed by atoms with Crippen molar-refractivity contribution in [3.63, 3.8) is 0 Å². The van der Waals surface area contributed by atoms with Gasteiger partial charge in [-0.2, -0.15) is 0 Å². The third-order valence-corrected chi connectivity index (χ3v) is 3.53. The van der Waals surface area contributed by atoms with Crippen LogP contribution in [0.1, 0.15) is 0 Å². The summed E-state index contributed by atoms with van der Waals surface area (Å²) in [4.78, 5) is 4.33. The fourth-order valence-electron chi connectivity index (χ4n) is 1.98. The molecule has 1 nitrogen and oxygen atoms in total. The summed E-state index contributed by atoms with van der Waals surface area (Å²) >= 11 is 12.3. The van der Waals surface area contributed by atoms with Gasteiger partial charge in [-0.25, -0.2) is 0 Å². The fourth-order valence-corrected chi connectivity index (χ4v) is 2.44. The summed E-state index contributed by atoms with van der Waals surface area (Å²) in [5.41, 5.74) is 2.92. The van der Waals surface area contributed by atoms with Crippen LogP contribution in [-0.2, 0) is 0 Å². The highest BCUT2D eigenvalue weighted by molar-refractivity contribution is 6.35. The molecule has 0 amide bonds. The van der Waals surface area contributed by atoms with E-state index in [0.29, 0.717) is 5.02 Å². The van der Waals surface area contributed by atoms with Crippen molar-refractivity contribution in [1.29, 1.82) is 0 Å². The lowest BCUT2D eigenvalue weighted by Crippen LogP contribution is -1.83. The highest BCUT2D eigenvalue weighted by atomic mass is 35.5. The van der Waals surface area contributed by atoms with Crippen LogP contribution in [0, 0.1) is 0 Å². The van der Waals surface area contributed by atoms with Gasteiger partial charge in [0.25, 0.3) is 0 Å². The molecule has 0 radical (unpaired) electrons. The first kappa shape index (κ1) is 11.5. The van der Waals surface area contributed by atoms with Crippen LogP contribution in [0.4, 0.5) is 0 Å². The number of halogens is 2. The van der Waals surface area contributed by atoms with Crippen molar-refractivity contribution in [2.75, 3.05) is 0 Å². The fraction of sp³-hybridized carbons (Fsp3) is 0. The van der Waals surface area contributed by atoms with E-state index in [2.05, 4.69) is 4.98 Å². The van der Waals surface area contributed by atoms with Gasteiger partial charge in [-0.15, -0.1) is 0 Å². The van der Waals surface area contributed by atoms with Crippen LogP contribution in [0.15, 0.2) is 54.7 Å². The molecule has 0 saturated heterocycles. The van der Waals surface area contributed by atoms with Crippen molar-refractivity contribution in [3.8, 4) is 11.1 Å². The van der Waals surface area contributed by atoms with E-state index in [9.17, 15) is 0 Å². The summed E-state index contributed by atoms with van der Waals surface area (Å²) < 4.78 is 0. The molecule has 0 fully saturated rings. The molecule has 0 aliphatic carbocycles. The van der Waals surface area contributed by atoms with Crippen LogP contribution in [0.25, 0.3) is 22.0 Å². The minimum Gasteiger partial charge on any atom is -0.256 e. The molecule has 18 heavy (non-hydrogen) atoms. The zero-order valence-corrected chi connectivity index (χ0v) is 10.9. The van der Waals surface area contributed by atoms with Crippen molar-refractivity contribution >= 4 is 34.1 Å². The molecular weight excluding hydrogens is 265 g/mol. The first-order valence-electron chi connectivity index (χ1n) is 5.55. The third kappa shape index (κ3) is 1.96. The van der Waals surface area contributed by atoms with Crippen LogP contribution in [-0.4, -0.2) is 4.98 Å². The maximum Gasteiger partial charge on any atom is 0.0723 e. The average Bonchev–Trinajstić information content (AvgIpc) is 2.39. The summed E-state index contributed by atoms with van der Waals surface area (Å²) in [6.07, 6.45) is 1.71. The maximum atomic E-state index is 6.19. The normalized spacial score (nSPS) is 10.8. The van der Waals surface area contributed by atoms with Gasteiger partial charge in [0.1, 0.15) is 0 Å². The number of aromatic nitrogens is 1. The minimum atomic E-state index is 0.714. The number of hydrogen-bond acceptors (Lipinski definition) is 1. The quantitative estimate of drug-likeness (QED) is 0.593. The monoisotopic (exact) mass is 273 g/mol. The highest BCUT2D eigenvalue weighted by Crippen LogP contribution is 2.31. The van der Waals surface area contributed by atoms with Gasteiger partial charge in [-0.1, -0.05) is 53.5 Å². The molecule has 0 spiro atoms. The summed E-state index contributed by atoms with van der Waals surface area (Å²) in [7, 11) is 0. The molecule has 2 aromatic carbocycles. The Balaban J connectivity index is 2.23. The summed E-state index contributed by atoms with van der Waals surface area (Å²) in [5.74, 6) is 0. The molecule has 0 bridgehead atoms. The molecule has 1 heterocycles. The Labute approximate surface area is 115 Å². The van der Waals surface area contributed by atoms with Gasteiger partial charge >= 0.3 is 0 Å². The van der Waals surface area contributed by atoms with E-state index in [-0.39, 0.29) is 0 Å². The Morgan fingerprint density at radius 2 is 1.67 bits per heavy atom. The standard InChI is InChI=1S/C15H9Cl2N/c16-13-4-2-1-3-11(13)10-5-6-12-14(17)7-8-18-15(12)9-10/h1-9H. The van der Waals surface area contributed by atoms with Gasteiger partial charge < -0.3 is 0 Å². The largest absolute Gasteiger partial charge is 0.256 e. The van der Waals surface area contributed by atoms with E-state index in [1.54, 1.807) is 12.3 Å². The molecule has 88 valence electrons. The predicted molar refractivity (Wildman–Crippen MR) is 77.2 cm³/mol. The number of fused-ring (bicyclic) bond motifs is 1. The minimum absolute atomic E-state index is 0.714. The van der Waals surface area contributed by atoms with Crippen molar-refractivity contribution in [1.82, 2.24) is 4.98 Å². The van der Waals surface area contributed by atoms with Gasteiger partial charge in [0, 0.05) is 22.2 Å². The molecule has 1 aromatic heterocycles. The van der Waals surface area contributed by atoms with E-state index in [1.165, 1.54) is 0 Å². The number of rotatable bonds is 1. The molecule has 3 aromatic rings. The van der Waals surface area contributed by atoms with Crippen molar-refractivity contribution in [3.05, 3.63) is 64.8 Å². The Bertz CT molecular complexity index is 723. The smallest absolute Gasteiger partial charge is 0.0723 e. The second-order valence-electron chi connectivity index (χ2n) is 4.00.